The van der Waals surface area contributed by atoms with Crippen LogP contribution in [0.4, 0.5) is 17.5 Å². The minimum atomic E-state index is 0.251. The molecule has 150 valence electrons. The first-order valence-corrected chi connectivity index (χ1v) is 10.3. The van der Waals surface area contributed by atoms with Crippen molar-refractivity contribution in [1.29, 1.82) is 0 Å². The molecule has 0 saturated heterocycles. The minimum absolute atomic E-state index is 0.251. The van der Waals surface area contributed by atoms with E-state index in [0.29, 0.717) is 5.95 Å². The van der Waals surface area contributed by atoms with Crippen molar-refractivity contribution >= 4 is 39.3 Å². The van der Waals surface area contributed by atoms with Gasteiger partial charge in [-0.15, -0.1) is 0 Å². The number of hydrogen-bond acceptors (Lipinski definition) is 6. The van der Waals surface area contributed by atoms with E-state index in [1.807, 2.05) is 36.2 Å². The molecule has 1 aliphatic rings. The Balaban J connectivity index is 1.49. The third kappa shape index (κ3) is 5.34. The van der Waals surface area contributed by atoms with Crippen molar-refractivity contribution in [1.82, 2.24) is 14.9 Å². The van der Waals surface area contributed by atoms with Crippen molar-refractivity contribution in [3.8, 4) is 5.75 Å². The van der Waals surface area contributed by atoms with Gasteiger partial charge in [0.05, 0.1) is 11.6 Å². The van der Waals surface area contributed by atoms with Crippen LogP contribution in [-0.4, -0.2) is 48.0 Å². The van der Waals surface area contributed by atoms with Crippen molar-refractivity contribution in [2.24, 2.45) is 5.92 Å². The fourth-order valence-corrected chi connectivity index (χ4v) is 3.29. The zero-order valence-corrected chi connectivity index (χ0v) is 17.8. The summed E-state index contributed by atoms with van der Waals surface area (Å²) in [7, 11) is 3.53. The van der Waals surface area contributed by atoms with Gasteiger partial charge in [-0.3, -0.25) is 4.79 Å². The SMILES string of the molecule is COc1ccc(Nc2ncc(Br)c(NCCCN(C)C(=O)C3CCC3)n2)cc1. The number of halogens is 1. The normalized spacial score (nSPS) is 13.5. The molecular weight excluding hydrogens is 422 g/mol. The summed E-state index contributed by atoms with van der Waals surface area (Å²) in [6.45, 7) is 1.46. The van der Waals surface area contributed by atoms with Gasteiger partial charge in [0.25, 0.3) is 0 Å². The Morgan fingerprint density at radius 2 is 2.07 bits per heavy atom. The number of hydrogen-bond donors (Lipinski definition) is 2. The standard InChI is InChI=1S/C20H26BrN5O2/c1-26(19(27)14-5-3-6-14)12-4-11-22-18-17(21)13-23-20(25-18)24-15-7-9-16(28-2)10-8-15/h7-10,13-14H,3-6,11-12H2,1-2H3,(H2,22,23,24,25). The molecule has 0 bridgehead atoms. The van der Waals surface area contributed by atoms with Gasteiger partial charge in [0.2, 0.25) is 11.9 Å². The molecule has 0 unspecified atom stereocenters. The Labute approximate surface area is 174 Å². The van der Waals surface area contributed by atoms with E-state index in [1.54, 1.807) is 13.3 Å². The van der Waals surface area contributed by atoms with Crippen LogP contribution in [0.2, 0.25) is 0 Å². The van der Waals surface area contributed by atoms with E-state index in [2.05, 4.69) is 36.5 Å². The fourth-order valence-electron chi connectivity index (χ4n) is 2.95. The van der Waals surface area contributed by atoms with E-state index in [9.17, 15) is 4.79 Å². The average Bonchev–Trinajstić information content (AvgIpc) is 2.66. The Hall–Kier alpha value is -2.35. The lowest BCUT2D eigenvalue weighted by Gasteiger charge is -2.29. The van der Waals surface area contributed by atoms with Gasteiger partial charge < -0.3 is 20.3 Å². The van der Waals surface area contributed by atoms with Crippen molar-refractivity contribution in [3.63, 3.8) is 0 Å². The number of methoxy groups -OCH3 is 1. The van der Waals surface area contributed by atoms with E-state index in [4.69, 9.17) is 4.74 Å². The molecule has 1 amide bonds. The number of nitrogens with zero attached hydrogens (tertiary/aromatic N) is 3. The van der Waals surface area contributed by atoms with E-state index >= 15 is 0 Å². The Morgan fingerprint density at radius 1 is 1.32 bits per heavy atom. The van der Waals surface area contributed by atoms with Gasteiger partial charge in [-0.05, 0) is 59.5 Å². The number of carbonyl (C=O) groups is 1. The molecule has 1 aromatic heterocycles. The maximum absolute atomic E-state index is 12.2. The van der Waals surface area contributed by atoms with E-state index in [1.165, 1.54) is 6.42 Å². The van der Waals surface area contributed by atoms with Crippen LogP contribution in [0.1, 0.15) is 25.7 Å². The lowest BCUT2D eigenvalue weighted by atomic mass is 9.84. The molecule has 2 N–H and O–H groups in total. The summed E-state index contributed by atoms with van der Waals surface area (Å²) in [4.78, 5) is 22.8. The van der Waals surface area contributed by atoms with Crippen molar-refractivity contribution in [3.05, 3.63) is 34.9 Å². The van der Waals surface area contributed by atoms with E-state index < -0.39 is 0 Å². The molecule has 0 radical (unpaired) electrons. The smallest absolute Gasteiger partial charge is 0.229 e. The summed E-state index contributed by atoms with van der Waals surface area (Å²) in [6, 6.07) is 7.57. The highest BCUT2D eigenvalue weighted by atomic mass is 79.9. The zero-order chi connectivity index (χ0) is 19.9. The molecule has 1 saturated carbocycles. The Kier molecular flexibility index (Phi) is 7.08. The molecule has 2 aromatic rings. The first-order chi connectivity index (χ1) is 13.6. The van der Waals surface area contributed by atoms with Gasteiger partial charge in [0.15, 0.2) is 0 Å². The quantitative estimate of drug-likeness (QED) is 0.564. The van der Waals surface area contributed by atoms with Crippen molar-refractivity contribution < 1.29 is 9.53 Å². The lowest BCUT2D eigenvalue weighted by molar-refractivity contribution is -0.136. The number of anilines is 3. The van der Waals surface area contributed by atoms with Crippen LogP contribution in [0.3, 0.4) is 0 Å². The lowest BCUT2D eigenvalue weighted by Crippen LogP contribution is -2.37. The second-order valence-corrected chi connectivity index (χ2v) is 7.77. The predicted octanol–water partition coefficient (Wildman–Crippen LogP) is 4.05. The fraction of sp³-hybridized carbons (Fsp3) is 0.450. The molecule has 1 aromatic carbocycles. The van der Waals surface area contributed by atoms with Crippen LogP contribution in [0.25, 0.3) is 0 Å². The van der Waals surface area contributed by atoms with E-state index in [0.717, 1.165) is 54.1 Å². The monoisotopic (exact) mass is 447 g/mol. The van der Waals surface area contributed by atoms with Crippen LogP contribution in [-0.2, 0) is 4.79 Å². The highest BCUT2D eigenvalue weighted by molar-refractivity contribution is 9.10. The van der Waals surface area contributed by atoms with Gasteiger partial charge in [-0.25, -0.2) is 4.98 Å². The largest absolute Gasteiger partial charge is 0.497 e. The van der Waals surface area contributed by atoms with E-state index in [-0.39, 0.29) is 11.8 Å². The molecular formula is C20H26BrN5O2. The number of benzene rings is 1. The van der Waals surface area contributed by atoms with Crippen LogP contribution < -0.4 is 15.4 Å². The molecule has 0 atom stereocenters. The van der Waals surface area contributed by atoms with Gasteiger partial charge in [-0.1, -0.05) is 6.42 Å². The molecule has 1 aliphatic carbocycles. The van der Waals surface area contributed by atoms with Crippen LogP contribution in [0, 0.1) is 5.92 Å². The molecule has 28 heavy (non-hydrogen) atoms. The van der Waals surface area contributed by atoms with Crippen molar-refractivity contribution in [2.75, 3.05) is 37.9 Å². The summed E-state index contributed by atoms with van der Waals surface area (Å²) in [5.74, 6) is 2.55. The van der Waals surface area contributed by atoms with Crippen LogP contribution >= 0.6 is 15.9 Å². The van der Waals surface area contributed by atoms with Gasteiger partial charge in [0, 0.05) is 37.9 Å². The third-order valence-corrected chi connectivity index (χ3v) is 5.46. The molecule has 0 aliphatic heterocycles. The minimum Gasteiger partial charge on any atom is -0.497 e. The van der Waals surface area contributed by atoms with Crippen LogP contribution in [0.5, 0.6) is 5.75 Å². The zero-order valence-electron chi connectivity index (χ0n) is 16.2. The highest BCUT2D eigenvalue weighted by Gasteiger charge is 2.27. The number of nitrogens with one attached hydrogen (secondary N) is 2. The van der Waals surface area contributed by atoms with Gasteiger partial charge in [-0.2, -0.15) is 4.98 Å². The number of amides is 1. The highest BCUT2D eigenvalue weighted by Crippen LogP contribution is 2.28. The summed E-state index contributed by atoms with van der Waals surface area (Å²) < 4.78 is 5.96. The first kappa shape index (κ1) is 20.4. The van der Waals surface area contributed by atoms with Gasteiger partial charge >= 0.3 is 0 Å². The topological polar surface area (TPSA) is 79.4 Å². The maximum Gasteiger partial charge on any atom is 0.229 e. The summed E-state index contributed by atoms with van der Waals surface area (Å²) >= 11 is 3.48. The molecule has 7 nitrogen and oxygen atoms in total. The number of aromatic nitrogens is 2. The average molecular weight is 448 g/mol. The van der Waals surface area contributed by atoms with Crippen LogP contribution in [0.15, 0.2) is 34.9 Å². The summed E-state index contributed by atoms with van der Waals surface area (Å²) in [5.41, 5.74) is 0.880. The number of ether oxygens (including phenoxy) is 1. The Morgan fingerprint density at radius 3 is 2.71 bits per heavy atom. The number of carbonyl (C=O) groups excluding carboxylic acids is 1. The maximum atomic E-state index is 12.2. The molecule has 3 rings (SSSR count). The summed E-state index contributed by atoms with van der Waals surface area (Å²) in [5, 5.41) is 6.49. The second-order valence-electron chi connectivity index (χ2n) is 6.91. The molecule has 8 heteroatoms. The second kappa shape index (κ2) is 9.73. The van der Waals surface area contributed by atoms with Crippen molar-refractivity contribution in [2.45, 2.75) is 25.7 Å². The predicted molar refractivity (Wildman–Crippen MR) is 114 cm³/mol. The first-order valence-electron chi connectivity index (χ1n) is 9.49. The molecule has 0 spiro atoms. The number of rotatable bonds is 9. The molecule has 1 fully saturated rings. The Bertz CT molecular complexity index is 796. The molecule has 1 heterocycles. The third-order valence-electron chi connectivity index (χ3n) is 4.88. The summed E-state index contributed by atoms with van der Waals surface area (Å²) in [6.07, 6.45) is 5.83. The van der Waals surface area contributed by atoms with Gasteiger partial charge in [0.1, 0.15) is 11.6 Å².